The Bertz CT molecular complexity index is 1210. The lowest BCUT2D eigenvalue weighted by Gasteiger charge is -2.35. The molecule has 0 saturated carbocycles. The van der Waals surface area contributed by atoms with E-state index in [-0.39, 0.29) is 6.61 Å². The van der Waals surface area contributed by atoms with Gasteiger partial charge in [-0.1, -0.05) is 12.1 Å². The molecule has 0 amide bonds. The number of rotatable bonds is 10. The summed E-state index contributed by atoms with van der Waals surface area (Å²) in [6.07, 6.45) is -0.583. The number of ether oxygens (including phenoxy) is 1. The number of benzene rings is 2. The zero-order valence-electron chi connectivity index (χ0n) is 19.6. The number of aliphatic hydroxyl groups excluding tert-OH is 1. The second-order valence-electron chi connectivity index (χ2n) is 8.68. The van der Waals surface area contributed by atoms with Crippen LogP contribution in [-0.4, -0.2) is 86.8 Å². The highest BCUT2D eigenvalue weighted by Crippen LogP contribution is 2.25. The average molecular weight is 505 g/mol. The van der Waals surface area contributed by atoms with E-state index >= 15 is 0 Å². The SMILES string of the molecule is Cc1cccc(S(=O)(=O)NCCN2CCN(CC(O)COc3ccc4sc(C)nc4c3)CC2)c1. The van der Waals surface area contributed by atoms with Crippen LogP contribution in [0.3, 0.4) is 0 Å². The fraction of sp³-hybridized carbons (Fsp3) is 0.458. The van der Waals surface area contributed by atoms with E-state index in [1.807, 2.05) is 38.1 Å². The summed E-state index contributed by atoms with van der Waals surface area (Å²) in [5.74, 6) is 0.717. The van der Waals surface area contributed by atoms with Crippen molar-refractivity contribution in [2.45, 2.75) is 24.8 Å². The fourth-order valence-electron chi connectivity index (χ4n) is 4.05. The number of aryl methyl sites for hydroxylation is 2. The molecule has 4 rings (SSSR count). The molecule has 2 aromatic carbocycles. The van der Waals surface area contributed by atoms with Crippen molar-refractivity contribution in [1.29, 1.82) is 0 Å². The van der Waals surface area contributed by atoms with Crippen LogP contribution in [0, 0.1) is 13.8 Å². The Labute approximate surface area is 205 Å². The molecule has 0 bridgehead atoms. The molecule has 3 aromatic rings. The molecule has 0 spiro atoms. The second-order valence-corrected chi connectivity index (χ2v) is 11.7. The van der Waals surface area contributed by atoms with Crippen molar-refractivity contribution < 1.29 is 18.3 Å². The van der Waals surface area contributed by atoms with E-state index in [1.54, 1.807) is 29.5 Å². The van der Waals surface area contributed by atoms with Gasteiger partial charge in [0.15, 0.2) is 0 Å². The van der Waals surface area contributed by atoms with Crippen molar-refractivity contribution in [3.63, 3.8) is 0 Å². The van der Waals surface area contributed by atoms with Gasteiger partial charge in [-0.2, -0.15) is 0 Å². The van der Waals surface area contributed by atoms with E-state index < -0.39 is 16.1 Å². The molecule has 0 aliphatic carbocycles. The monoisotopic (exact) mass is 504 g/mol. The highest BCUT2D eigenvalue weighted by atomic mass is 32.2. The molecule has 0 radical (unpaired) electrons. The number of piperazine rings is 1. The molecule has 1 aromatic heterocycles. The molecule has 184 valence electrons. The molecular formula is C24H32N4O4S2. The molecule has 1 unspecified atom stereocenters. The van der Waals surface area contributed by atoms with Crippen molar-refractivity contribution >= 4 is 31.6 Å². The molecule has 2 N–H and O–H groups in total. The molecule has 10 heteroatoms. The third kappa shape index (κ3) is 6.74. The largest absolute Gasteiger partial charge is 0.491 e. The first kappa shape index (κ1) is 25.0. The predicted octanol–water partition coefficient (Wildman–Crippen LogP) is 2.25. The topological polar surface area (TPSA) is 95.0 Å². The third-order valence-corrected chi connectivity index (χ3v) is 8.27. The number of fused-ring (bicyclic) bond motifs is 1. The van der Waals surface area contributed by atoms with Crippen LogP contribution in [0.4, 0.5) is 0 Å². The second kappa shape index (κ2) is 11.1. The van der Waals surface area contributed by atoms with Crippen LogP contribution in [0.1, 0.15) is 10.6 Å². The molecule has 8 nitrogen and oxygen atoms in total. The summed E-state index contributed by atoms with van der Waals surface area (Å²) in [5.41, 5.74) is 1.84. The number of sulfonamides is 1. The summed E-state index contributed by atoms with van der Waals surface area (Å²) < 4.78 is 34.5. The number of hydrogen-bond acceptors (Lipinski definition) is 8. The van der Waals surface area contributed by atoms with Crippen molar-refractivity contribution in [1.82, 2.24) is 19.5 Å². The summed E-state index contributed by atoms with van der Waals surface area (Å²) in [6, 6.07) is 12.8. The predicted molar refractivity (Wildman–Crippen MR) is 135 cm³/mol. The lowest BCUT2D eigenvalue weighted by molar-refractivity contribution is 0.0465. The van der Waals surface area contributed by atoms with Gasteiger partial charge in [-0.25, -0.2) is 18.1 Å². The first-order valence-corrected chi connectivity index (χ1v) is 13.8. The Balaban J connectivity index is 1.15. The van der Waals surface area contributed by atoms with Gasteiger partial charge in [-0.05, 0) is 43.7 Å². The molecular weight excluding hydrogens is 472 g/mol. The molecule has 2 heterocycles. The Morgan fingerprint density at radius 1 is 1.12 bits per heavy atom. The Kier molecular flexibility index (Phi) is 8.18. The van der Waals surface area contributed by atoms with Gasteiger partial charge in [0, 0.05) is 51.9 Å². The van der Waals surface area contributed by atoms with Crippen molar-refractivity contribution in [3.8, 4) is 5.75 Å². The maximum Gasteiger partial charge on any atom is 0.240 e. The van der Waals surface area contributed by atoms with Crippen LogP contribution in [-0.2, 0) is 10.0 Å². The number of nitrogens with zero attached hydrogens (tertiary/aromatic N) is 3. The van der Waals surface area contributed by atoms with Gasteiger partial charge in [0.2, 0.25) is 10.0 Å². The summed E-state index contributed by atoms with van der Waals surface area (Å²) in [7, 11) is -3.49. The van der Waals surface area contributed by atoms with Gasteiger partial charge in [0.25, 0.3) is 0 Å². The molecule has 1 saturated heterocycles. The van der Waals surface area contributed by atoms with Crippen molar-refractivity contribution in [2.75, 3.05) is 52.4 Å². The molecule has 34 heavy (non-hydrogen) atoms. The van der Waals surface area contributed by atoms with E-state index in [4.69, 9.17) is 4.74 Å². The van der Waals surface area contributed by atoms with Gasteiger partial charge in [0.05, 0.1) is 20.1 Å². The quantitative estimate of drug-likeness (QED) is 0.437. The first-order chi connectivity index (χ1) is 16.3. The third-order valence-electron chi connectivity index (χ3n) is 5.86. The molecule has 1 atom stereocenters. The smallest absolute Gasteiger partial charge is 0.240 e. The van der Waals surface area contributed by atoms with Gasteiger partial charge >= 0.3 is 0 Å². The van der Waals surface area contributed by atoms with Gasteiger partial charge < -0.3 is 9.84 Å². The summed E-state index contributed by atoms with van der Waals surface area (Å²) in [6.45, 7) is 8.99. The number of hydrogen-bond donors (Lipinski definition) is 2. The van der Waals surface area contributed by atoms with Crippen LogP contribution in [0.25, 0.3) is 10.2 Å². The van der Waals surface area contributed by atoms with Crippen LogP contribution in [0.5, 0.6) is 5.75 Å². The highest BCUT2D eigenvalue weighted by molar-refractivity contribution is 7.89. The van der Waals surface area contributed by atoms with Crippen LogP contribution < -0.4 is 9.46 Å². The Morgan fingerprint density at radius 2 is 1.88 bits per heavy atom. The Morgan fingerprint density at radius 3 is 2.65 bits per heavy atom. The number of β-amino-alcohol motifs (C(OH)–C–C–N with tert-alkyl or cyclic N) is 1. The molecule has 1 aliphatic heterocycles. The number of thiazole rings is 1. The number of nitrogens with one attached hydrogen (secondary N) is 1. The van der Waals surface area contributed by atoms with Crippen LogP contribution in [0.15, 0.2) is 47.4 Å². The number of aliphatic hydroxyl groups is 1. The normalized spacial score (nSPS) is 16.7. The minimum atomic E-state index is -3.49. The average Bonchev–Trinajstić information content (AvgIpc) is 3.18. The van der Waals surface area contributed by atoms with Crippen LogP contribution >= 0.6 is 11.3 Å². The maximum atomic E-state index is 12.4. The Hall–Kier alpha value is -2.08. The van der Waals surface area contributed by atoms with Gasteiger partial charge in [-0.15, -0.1) is 11.3 Å². The minimum Gasteiger partial charge on any atom is -0.491 e. The molecule has 1 aliphatic rings. The zero-order valence-corrected chi connectivity index (χ0v) is 21.2. The van der Waals surface area contributed by atoms with E-state index in [0.29, 0.717) is 24.5 Å². The number of aromatic nitrogens is 1. The van der Waals surface area contributed by atoms with Gasteiger partial charge in [-0.3, -0.25) is 9.80 Å². The van der Waals surface area contributed by atoms with E-state index in [9.17, 15) is 13.5 Å². The van der Waals surface area contributed by atoms with Gasteiger partial charge in [0.1, 0.15) is 18.5 Å². The standard InChI is InChI=1S/C24H32N4O4S2/c1-18-4-3-5-22(14-18)34(30,31)25-8-9-27-10-12-28(13-11-27)16-20(29)17-32-21-6-7-24-23(15-21)26-19(2)33-24/h3-7,14-15,20,25,29H,8-13,16-17H2,1-2H3. The van der Waals surface area contributed by atoms with E-state index in [2.05, 4.69) is 19.5 Å². The fourth-order valence-corrected chi connectivity index (χ4v) is 5.99. The lowest BCUT2D eigenvalue weighted by Crippen LogP contribution is -2.50. The van der Waals surface area contributed by atoms with Crippen molar-refractivity contribution in [2.24, 2.45) is 0 Å². The minimum absolute atomic E-state index is 0.232. The lowest BCUT2D eigenvalue weighted by atomic mass is 10.2. The summed E-state index contributed by atoms with van der Waals surface area (Å²) in [4.78, 5) is 9.24. The summed E-state index contributed by atoms with van der Waals surface area (Å²) in [5, 5.41) is 11.5. The summed E-state index contributed by atoms with van der Waals surface area (Å²) >= 11 is 1.65. The van der Waals surface area contributed by atoms with Crippen molar-refractivity contribution in [3.05, 3.63) is 53.0 Å². The van der Waals surface area contributed by atoms with E-state index in [1.165, 1.54) is 0 Å². The maximum absolute atomic E-state index is 12.4. The van der Waals surface area contributed by atoms with E-state index in [0.717, 1.165) is 52.7 Å². The molecule has 1 fully saturated rings. The van der Waals surface area contributed by atoms with Crippen LogP contribution in [0.2, 0.25) is 0 Å². The zero-order chi connectivity index (χ0) is 24.1. The first-order valence-electron chi connectivity index (χ1n) is 11.5. The highest BCUT2D eigenvalue weighted by Gasteiger charge is 2.20.